The summed E-state index contributed by atoms with van der Waals surface area (Å²) in [5, 5.41) is 9.48. The summed E-state index contributed by atoms with van der Waals surface area (Å²) in [6.07, 6.45) is 2.14. The van der Waals surface area contributed by atoms with Gasteiger partial charge in [-0.25, -0.2) is 0 Å². The van der Waals surface area contributed by atoms with E-state index in [1.165, 1.54) is 0 Å². The maximum absolute atomic E-state index is 9.48. The highest BCUT2D eigenvalue weighted by Crippen LogP contribution is 2.22. The van der Waals surface area contributed by atoms with Crippen LogP contribution in [0.3, 0.4) is 0 Å². The predicted octanol–water partition coefficient (Wildman–Crippen LogP) is 1.01. The second kappa shape index (κ2) is 5.18. The van der Waals surface area contributed by atoms with Gasteiger partial charge in [0.05, 0.1) is 5.60 Å². The van der Waals surface area contributed by atoms with Crippen molar-refractivity contribution in [1.29, 1.82) is 0 Å². The Hall–Kier alpha value is 0.492. The molecule has 0 fully saturated rings. The maximum atomic E-state index is 9.48. The van der Waals surface area contributed by atoms with Gasteiger partial charge >= 0.3 is 0 Å². The quantitative estimate of drug-likeness (QED) is 0.611. The third-order valence-corrected chi connectivity index (χ3v) is 1.98. The van der Waals surface area contributed by atoms with Gasteiger partial charge in [-0.05, 0) is 19.8 Å². The smallest absolute Gasteiger partial charge is 0.187 e. The van der Waals surface area contributed by atoms with Crippen LogP contribution in [0.25, 0.3) is 0 Å². The third-order valence-electron chi connectivity index (χ3n) is 1.98. The van der Waals surface area contributed by atoms with E-state index in [1.54, 1.807) is 0 Å². The molecule has 0 heterocycles. The highest BCUT2D eigenvalue weighted by atomic mass is 27.0. The van der Waals surface area contributed by atoms with Crippen LogP contribution in [-0.4, -0.2) is 28.1 Å². The lowest BCUT2D eigenvalue weighted by molar-refractivity contribution is 0.0136. The second-order valence-electron chi connectivity index (χ2n) is 3.17. The first-order valence-electron chi connectivity index (χ1n) is 3.74. The van der Waals surface area contributed by atoms with E-state index in [0.29, 0.717) is 5.92 Å². The summed E-state index contributed by atoms with van der Waals surface area (Å²) in [6.45, 7) is 7.99. The lowest BCUT2D eigenvalue weighted by atomic mass is 9.87. The van der Waals surface area contributed by atoms with Crippen molar-refractivity contribution in [2.75, 3.05) is 0 Å². The normalized spacial score (nSPS) is 11.4. The monoisotopic (exact) mass is 160 g/mol. The first kappa shape index (κ1) is 13.1. The van der Waals surface area contributed by atoms with E-state index in [0.717, 1.165) is 12.8 Å². The molecular formula is C8H21AlO. The van der Waals surface area contributed by atoms with Crippen molar-refractivity contribution in [1.82, 2.24) is 0 Å². The van der Waals surface area contributed by atoms with E-state index in [9.17, 15) is 5.11 Å². The summed E-state index contributed by atoms with van der Waals surface area (Å²) in [5.41, 5.74) is -0.483. The molecule has 1 nitrogen and oxygen atoms in total. The molecule has 0 aliphatic rings. The Morgan fingerprint density at radius 2 is 1.50 bits per heavy atom. The highest BCUT2D eigenvalue weighted by molar-refractivity contribution is 5.75. The molecule has 0 spiro atoms. The molecule has 0 aromatic rings. The van der Waals surface area contributed by atoms with Crippen LogP contribution in [0.5, 0.6) is 0 Å². The SMILES string of the molecule is CCC(CC)C(C)(C)O.[AlH3]. The lowest BCUT2D eigenvalue weighted by Crippen LogP contribution is -2.29. The summed E-state index contributed by atoms with van der Waals surface area (Å²) >= 11 is 0. The maximum Gasteiger partial charge on any atom is 0.187 e. The number of aliphatic hydroxyl groups is 1. The molecule has 1 N–H and O–H groups in total. The molecule has 0 aromatic heterocycles. The largest absolute Gasteiger partial charge is 0.390 e. The molecule has 10 heavy (non-hydrogen) atoms. The molecule has 2 heteroatoms. The third kappa shape index (κ3) is 4.33. The van der Waals surface area contributed by atoms with Crippen LogP contribution in [0.2, 0.25) is 0 Å². The summed E-state index contributed by atoms with van der Waals surface area (Å²) in [5.74, 6) is 0.456. The van der Waals surface area contributed by atoms with Crippen LogP contribution in [0.4, 0.5) is 0 Å². The molecule has 0 aromatic carbocycles. The number of rotatable bonds is 3. The molecule has 0 atom stereocenters. The number of hydrogen-bond donors (Lipinski definition) is 1. The molecule has 62 valence electrons. The van der Waals surface area contributed by atoms with Crippen molar-refractivity contribution in [3.8, 4) is 0 Å². The average molecular weight is 160 g/mol. The van der Waals surface area contributed by atoms with E-state index in [-0.39, 0.29) is 17.4 Å². The van der Waals surface area contributed by atoms with Crippen LogP contribution in [-0.2, 0) is 0 Å². The predicted molar refractivity (Wildman–Crippen MR) is 50.3 cm³/mol. The van der Waals surface area contributed by atoms with Gasteiger partial charge in [-0.3, -0.25) is 0 Å². The van der Waals surface area contributed by atoms with Crippen molar-refractivity contribution in [2.45, 2.75) is 46.1 Å². The van der Waals surface area contributed by atoms with Crippen LogP contribution in [0.15, 0.2) is 0 Å². The van der Waals surface area contributed by atoms with E-state index in [2.05, 4.69) is 13.8 Å². The van der Waals surface area contributed by atoms with Gasteiger partial charge in [0.2, 0.25) is 0 Å². The van der Waals surface area contributed by atoms with E-state index in [1.807, 2.05) is 13.8 Å². The molecule has 0 aliphatic heterocycles. The second-order valence-corrected chi connectivity index (χ2v) is 3.17. The van der Waals surface area contributed by atoms with Crippen molar-refractivity contribution in [3.05, 3.63) is 0 Å². The minimum atomic E-state index is -0.483. The van der Waals surface area contributed by atoms with Crippen molar-refractivity contribution < 1.29 is 5.11 Å². The lowest BCUT2D eigenvalue weighted by Gasteiger charge is -2.26. The Balaban J connectivity index is 0. The van der Waals surface area contributed by atoms with Crippen LogP contribution in [0.1, 0.15) is 40.5 Å². The minimum Gasteiger partial charge on any atom is -0.390 e. The first-order valence-corrected chi connectivity index (χ1v) is 3.74. The highest BCUT2D eigenvalue weighted by Gasteiger charge is 2.22. The molecule has 0 saturated heterocycles. The van der Waals surface area contributed by atoms with Crippen LogP contribution < -0.4 is 0 Å². The Kier molecular flexibility index (Phi) is 6.79. The fraction of sp³-hybridized carbons (Fsp3) is 1.00. The summed E-state index contributed by atoms with van der Waals surface area (Å²) < 4.78 is 0. The summed E-state index contributed by atoms with van der Waals surface area (Å²) in [6, 6.07) is 0. The zero-order valence-corrected chi connectivity index (χ0v) is 6.94. The first-order chi connectivity index (χ1) is 4.02. The molecule has 0 rings (SSSR count). The van der Waals surface area contributed by atoms with Crippen LogP contribution in [0, 0.1) is 5.92 Å². The van der Waals surface area contributed by atoms with E-state index < -0.39 is 5.60 Å². The van der Waals surface area contributed by atoms with Crippen molar-refractivity contribution in [3.63, 3.8) is 0 Å². The van der Waals surface area contributed by atoms with Gasteiger partial charge < -0.3 is 5.11 Å². The zero-order valence-electron chi connectivity index (χ0n) is 6.94. The van der Waals surface area contributed by atoms with Crippen molar-refractivity contribution >= 4 is 17.4 Å². The molecule has 0 aliphatic carbocycles. The van der Waals surface area contributed by atoms with E-state index in [4.69, 9.17) is 0 Å². The van der Waals surface area contributed by atoms with Gasteiger partial charge in [-0.15, -0.1) is 0 Å². The van der Waals surface area contributed by atoms with Gasteiger partial charge in [-0.2, -0.15) is 0 Å². The van der Waals surface area contributed by atoms with Gasteiger partial charge in [-0.1, -0.05) is 26.7 Å². The Morgan fingerprint density at radius 1 is 1.20 bits per heavy atom. The molecule has 0 saturated carbocycles. The molecule has 0 bridgehead atoms. The Labute approximate surface area is 75.0 Å². The van der Waals surface area contributed by atoms with Gasteiger partial charge in [0.25, 0.3) is 0 Å². The fourth-order valence-corrected chi connectivity index (χ4v) is 1.29. The standard InChI is InChI=1S/C8H18O.Al.3H/c1-5-7(6-2)8(3,4)9;;;;/h7,9H,5-6H2,1-4H3;;;;. The molecular weight excluding hydrogens is 139 g/mol. The van der Waals surface area contributed by atoms with Gasteiger partial charge in [0.15, 0.2) is 17.4 Å². The average Bonchev–Trinajstić information content (AvgIpc) is 1.65. The number of hydrogen-bond acceptors (Lipinski definition) is 1. The van der Waals surface area contributed by atoms with Gasteiger partial charge in [0.1, 0.15) is 0 Å². The fourth-order valence-electron chi connectivity index (χ4n) is 1.29. The summed E-state index contributed by atoms with van der Waals surface area (Å²) in [4.78, 5) is 0. The molecule has 0 amide bonds. The Bertz CT molecular complexity index is 71.8. The topological polar surface area (TPSA) is 20.2 Å². The zero-order chi connectivity index (χ0) is 7.49. The minimum absolute atomic E-state index is 0. The van der Waals surface area contributed by atoms with Crippen molar-refractivity contribution in [2.24, 2.45) is 5.92 Å². The molecule has 0 unspecified atom stereocenters. The van der Waals surface area contributed by atoms with Gasteiger partial charge in [0, 0.05) is 0 Å². The summed E-state index contributed by atoms with van der Waals surface area (Å²) in [7, 11) is 0. The van der Waals surface area contributed by atoms with E-state index >= 15 is 0 Å². The molecule has 0 radical (unpaired) electrons. The van der Waals surface area contributed by atoms with Crippen LogP contribution >= 0.6 is 0 Å². The Morgan fingerprint density at radius 3 is 1.50 bits per heavy atom.